The van der Waals surface area contributed by atoms with Crippen LogP contribution in [0.3, 0.4) is 0 Å². The number of hydrogen-bond donors (Lipinski definition) is 4. The first kappa shape index (κ1) is 25.7. The van der Waals surface area contributed by atoms with Gasteiger partial charge in [-0.05, 0) is 56.3 Å². The number of nitrogens with zero attached hydrogens (tertiary/aromatic N) is 4. The second-order valence-electron chi connectivity index (χ2n) is 8.08. The maximum Gasteiger partial charge on any atom is 0.417 e. The summed E-state index contributed by atoms with van der Waals surface area (Å²) in [6.45, 7) is 3.65. The summed E-state index contributed by atoms with van der Waals surface area (Å²) in [6.07, 6.45) is -1.84. The van der Waals surface area contributed by atoms with E-state index in [0.29, 0.717) is 22.5 Å². The molecule has 4 N–H and O–H groups in total. The van der Waals surface area contributed by atoms with Crippen molar-refractivity contribution in [1.29, 1.82) is 0 Å². The zero-order chi connectivity index (χ0) is 26.7. The van der Waals surface area contributed by atoms with E-state index < -0.39 is 28.8 Å². The lowest BCUT2D eigenvalue weighted by atomic mass is 10.2. The van der Waals surface area contributed by atoms with Gasteiger partial charge in [-0.1, -0.05) is 11.6 Å². The van der Waals surface area contributed by atoms with E-state index >= 15 is 0 Å². The van der Waals surface area contributed by atoms with E-state index in [9.17, 15) is 22.8 Å². The average Bonchev–Trinajstić information content (AvgIpc) is 3.25. The maximum absolute atomic E-state index is 13.0. The van der Waals surface area contributed by atoms with Gasteiger partial charge >= 0.3 is 18.2 Å². The lowest BCUT2D eigenvalue weighted by Gasteiger charge is -2.12. The van der Waals surface area contributed by atoms with Gasteiger partial charge in [0, 0.05) is 23.1 Å². The van der Waals surface area contributed by atoms with E-state index in [4.69, 9.17) is 11.6 Å². The Balaban J connectivity index is 1.47. The van der Waals surface area contributed by atoms with E-state index in [1.165, 1.54) is 18.7 Å². The molecule has 2 aromatic carbocycles. The second kappa shape index (κ2) is 10.3. The van der Waals surface area contributed by atoms with E-state index in [-0.39, 0.29) is 17.5 Å². The van der Waals surface area contributed by atoms with Gasteiger partial charge in [-0.25, -0.2) is 24.5 Å². The van der Waals surface area contributed by atoms with Gasteiger partial charge < -0.3 is 16.0 Å². The third-order valence-electron chi connectivity index (χ3n) is 4.92. The Morgan fingerprint density at radius 1 is 0.919 bits per heavy atom. The van der Waals surface area contributed by atoms with Crippen LogP contribution in [0.5, 0.6) is 0 Å². The molecule has 4 aromatic rings. The molecule has 37 heavy (non-hydrogen) atoms. The molecule has 10 nitrogen and oxygen atoms in total. The highest BCUT2D eigenvalue weighted by atomic mass is 35.5. The molecule has 0 aliphatic heterocycles. The number of alkyl halides is 3. The van der Waals surface area contributed by atoms with Gasteiger partial charge in [0.15, 0.2) is 17.0 Å². The number of nitrogens with one attached hydrogen (secondary N) is 4. The van der Waals surface area contributed by atoms with Gasteiger partial charge in [0.2, 0.25) is 0 Å². The van der Waals surface area contributed by atoms with E-state index in [2.05, 4.69) is 36.2 Å². The minimum Gasteiger partial charge on any atom is -0.336 e. The number of halogens is 4. The fraction of sp³-hybridized carbons (Fsp3) is 0.174. The number of imidazole rings is 1. The molecule has 0 radical (unpaired) electrons. The zero-order valence-corrected chi connectivity index (χ0v) is 20.1. The van der Waals surface area contributed by atoms with Crippen molar-refractivity contribution in [2.45, 2.75) is 26.1 Å². The summed E-state index contributed by atoms with van der Waals surface area (Å²) in [7, 11) is 0. The van der Waals surface area contributed by atoms with Crippen LogP contribution in [0.1, 0.15) is 19.4 Å². The first-order chi connectivity index (χ1) is 17.5. The van der Waals surface area contributed by atoms with E-state index in [1.54, 1.807) is 28.8 Å². The number of amides is 4. The van der Waals surface area contributed by atoms with Crippen molar-refractivity contribution in [3.63, 3.8) is 0 Å². The predicted octanol–water partition coefficient (Wildman–Crippen LogP) is 5.66. The van der Waals surface area contributed by atoms with Crippen LogP contribution in [0, 0.1) is 0 Å². The molecule has 0 fully saturated rings. The zero-order valence-electron chi connectivity index (χ0n) is 19.4. The van der Waals surface area contributed by atoms with Gasteiger partial charge in [0.05, 0.1) is 10.6 Å². The highest BCUT2D eigenvalue weighted by Crippen LogP contribution is 2.36. The monoisotopic (exact) mass is 532 g/mol. The van der Waals surface area contributed by atoms with Crippen LogP contribution in [-0.4, -0.2) is 37.6 Å². The predicted molar refractivity (Wildman–Crippen MR) is 133 cm³/mol. The van der Waals surface area contributed by atoms with Crippen LogP contribution in [0.2, 0.25) is 5.02 Å². The van der Waals surface area contributed by atoms with Crippen LogP contribution in [0.25, 0.3) is 16.9 Å². The normalized spacial score (nSPS) is 11.4. The molecule has 0 atom stereocenters. The van der Waals surface area contributed by atoms with Crippen LogP contribution >= 0.6 is 11.6 Å². The van der Waals surface area contributed by atoms with Crippen LogP contribution in [0.4, 0.5) is 40.0 Å². The summed E-state index contributed by atoms with van der Waals surface area (Å²) in [5.41, 5.74) is 0.740. The highest BCUT2D eigenvalue weighted by molar-refractivity contribution is 6.31. The largest absolute Gasteiger partial charge is 0.417 e. The third kappa shape index (κ3) is 6.06. The Morgan fingerprint density at radius 3 is 2.27 bits per heavy atom. The van der Waals surface area contributed by atoms with E-state index in [1.807, 2.05) is 13.8 Å². The quantitative estimate of drug-likeness (QED) is 0.264. The number of rotatable bonds is 5. The number of urea groups is 2. The number of aromatic nitrogens is 4. The third-order valence-corrected chi connectivity index (χ3v) is 5.25. The summed E-state index contributed by atoms with van der Waals surface area (Å²) >= 11 is 5.61. The smallest absolute Gasteiger partial charge is 0.336 e. The minimum atomic E-state index is -4.65. The molecule has 192 valence electrons. The molecular weight excluding hydrogens is 513 g/mol. The van der Waals surface area contributed by atoms with E-state index in [0.717, 1.165) is 12.1 Å². The molecule has 0 bridgehead atoms. The lowest BCUT2D eigenvalue weighted by molar-refractivity contribution is -0.137. The number of carbonyl (C=O) groups excluding carboxylic acids is 2. The number of carbonyl (C=O) groups is 2. The number of anilines is 3. The maximum atomic E-state index is 13.0. The standard InChI is InChI=1S/C23H20ClF3N8O2/c1-12(2)31-21(36)34-19-18-20(29-10-28-19)35(11-30-18)15-6-3-13(4-7-15)32-22(37)33-14-5-8-17(24)16(9-14)23(25,26)27/h3-12H,1-2H3,(H2,32,33,37)(H2,28,29,31,34,36). The minimum absolute atomic E-state index is 0.0624. The Bertz CT molecular complexity index is 1450. The molecule has 14 heteroatoms. The fourth-order valence-electron chi connectivity index (χ4n) is 3.34. The van der Waals surface area contributed by atoms with Gasteiger partial charge in [-0.3, -0.25) is 9.88 Å². The SMILES string of the molecule is CC(C)NC(=O)Nc1ncnc2c1ncn2-c1ccc(NC(=O)Nc2ccc(Cl)c(C(F)(F)F)c2)cc1. The van der Waals surface area contributed by atoms with Crippen LogP contribution < -0.4 is 21.3 Å². The molecule has 0 aliphatic carbocycles. The average molecular weight is 533 g/mol. The van der Waals surface area contributed by atoms with Crippen molar-refractivity contribution in [2.75, 3.05) is 16.0 Å². The molecule has 2 heterocycles. The summed E-state index contributed by atoms with van der Waals surface area (Å²) in [4.78, 5) is 37.0. The highest BCUT2D eigenvalue weighted by Gasteiger charge is 2.33. The molecule has 4 rings (SSSR count). The molecule has 0 saturated carbocycles. The second-order valence-corrected chi connectivity index (χ2v) is 8.49. The van der Waals surface area contributed by atoms with Gasteiger partial charge in [-0.2, -0.15) is 13.2 Å². The summed E-state index contributed by atoms with van der Waals surface area (Å²) in [6, 6.07) is 8.42. The Hall–Kier alpha value is -4.39. The van der Waals surface area contributed by atoms with Gasteiger partial charge in [0.1, 0.15) is 12.7 Å². The van der Waals surface area contributed by atoms with Gasteiger partial charge in [-0.15, -0.1) is 0 Å². The fourth-order valence-corrected chi connectivity index (χ4v) is 3.56. The lowest BCUT2D eigenvalue weighted by Crippen LogP contribution is -2.34. The molecule has 0 spiro atoms. The molecule has 0 unspecified atom stereocenters. The van der Waals surface area contributed by atoms with Crippen LogP contribution in [0.15, 0.2) is 55.1 Å². The first-order valence-electron chi connectivity index (χ1n) is 10.8. The molecule has 0 saturated heterocycles. The molecule has 2 aromatic heterocycles. The van der Waals surface area contributed by atoms with Gasteiger partial charge in [0.25, 0.3) is 0 Å². The van der Waals surface area contributed by atoms with Crippen molar-refractivity contribution in [1.82, 2.24) is 24.8 Å². The van der Waals surface area contributed by atoms with Crippen molar-refractivity contribution in [3.05, 3.63) is 65.7 Å². The Kier molecular flexibility index (Phi) is 7.16. The van der Waals surface area contributed by atoms with Crippen molar-refractivity contribution >= 4 is 52.0 Å². The topological polar surface area (TPSA) is 126 Å². The number of hydrogen-bond acceptors (Lipinski definition) is 5. The molecular formula is C23H20ClF3N8O2. The first-order valence-corrected chi connectivity index (χ1v) is 11.2. The summed E-state index contributed by atoms with van der Waals surface area (Å²) < 4.78 is 40.8. The molecule has 4 amide bonds. The Labute approximate surface area is 213 Å². The summed E-state index contributed by atoms with van der Waals surface area (Å²) in [5, 5.41) is 9.78. The van der Waals surface area contributed by atoms with Crippen LogP contribution in [-0.2, 0) is 6.18 Å². The molecule has 0 aliphatic rings. The number of benzene rings is 2. The van der Waals surface area contributed by atoms with Crippen molar-refractivity contribution < 1.29 is 22.8 Å². The van der Waals surface area contributed by atoms with Crippen molar-refractivity contribution in [3.8, 4) is 5.69 Å². The number of fused-ring (bicyclic) bond motifs is 1. The van der Waals surface area contributed by atoms with Crippen molar-refractivity contribution in [2.24, 2.45) is 0 Å². The summed E-state index contributed by atoms with van der Waals surface area (Å²) in [5.74, 6) is 0.243. The Morgan fingerprint density at radius 2 is 1.59 bits per heavy atom.